The van der Waals surface area contributed by atoms with Crippen molar-refractivity contribution in [2.75, 3.05) is 0 Å². The van der Waals surface area contributed by atoms with Crippen molar-refractivity contribution in [2.45, 2.75) is 71.1 Å². The Balaban J connectivity index is 1.82. The first-order chi connectivity index (χ1) is 19.5. The largest absolute Gasteiger partial charge is 0.505 e. The molecule has 6 heteroatoms. The summed E-state index contributed by atoms with van der Waals surface area (Å²) in [6.45, 7) is 10.8. The van der Waals surface area contributed by atoms with E-state index in [2.05, 4.69) is 63.0 Å². The zero-order valence-electron chi connectivity index (χ0n) is 24.6. The molecule has 4 aromatic rings. The zero-order chi connectivity index (χ0) is 29.6. The minimum atomic E-state index is -0.519. The van der Waals surface area contributed by atoms with Crippen LogP contribution in [0, 0.1) is 10.1 Å². The molecule has 0 bridgehead atoms. The molecule has 4 rings (SSSR count). The van der Waals surface area contributed by atoms with E-state index in [0.29, 0.717) is 5.69 Å². The number of azo groups is 1. The second kappa shape index (κ2) is 12.5. The molecule has 6 nitrogen and oxygen atoms in total. The van der Waals surface area contributed by atoms with E-state index in [4.69, 9.17) is 0 Å². The molecule has 0 saturated heterocycles. The number of aromatic hydroxyl groups is 1. The third-order valence-electron chi connectivity index (χ3n) is 7.99. The minimum absolute atomic E-state index is 0.0271. The van der Waals surface area contributed by atoms with Crippen molar-refractivity contribution < 1.29 is 10.0 Å². The fraction of sp³-hybridized carbons (Fsp3) is 0.314. The maximum atomic E-state index is 12.0. The molecule has 0 radical (unpaired) electrons. The van der Waals surface area contributed by atoms with Gasteiger partial charge < -0.3 is 5.11 Å². The van der Waals surface area contributed by atoms with Gasteiger partial charge in [-0.2, -0.15) is 0 Å². The molecule has 0 aromatic heterocycles. The molecule has 41 heavy (non-hydrogen) atoms. The summed E-state index contributed by atoms with van der Waals surface area (Å²) in [5, 5.41) is 32.3. The molecule has 0 aliphatic heterocycles. The lowest BCUT2D eigenvalue weighted by Gasteiger charge is -2.31. The van der Waals surface area contributed by atoms with Crippen molar-refractivity contribution >= 4 is 17.1 Å². The molecule has 212 valence electrons. The van der Waals surface area contributed by atoms with Crippen molar-refractivity contribution in [1.29, 1.82) is 0 Å². The van der Waals surface area contributed by atoms with E-state index >= 15 is 0 Å². The summed E-state index contributed by atoms with van der Waals surface area (Å²) in [6, 6.07) is 28.4. The molecule has 0 spiro atoms. The molecule has 0 saturated carbocycles. The van der Waals surface area contributed by atoms with Gasteiger partial charge in [-0.05, 0) is 46.2 Å². The highest BCUT2D eigenvalue weighted by Crippen LogP contribution is 2.46. The van der Waals surface area contributed by atoms with E-state index < -0.39 is 10.3 Å². The van der Waals surface area contributed by atoms with Crippen LogP contribution < -0.4 is 0 Å². The van der Waals surface area contributed by atoms with Gasteiger partial charge in [-0.3, -0.25) is 10.1 Å². The van der Waals surface area contributed by atoms with E-state index in [0.717, 1.165) is 53.5 Å². The topological polar surface area (TPSA) is 88.1 Å². The second-order valence-electron chi connectivity index (χ2n) is 11.8. The number of benzene rings is 4. The third kappa shape index (κ3) is 6.71. The number of phenols is 1. The van der Waals surface area contributed by atoms with Gasteiger partial charge in [0.25, 0.3) is 5.69 Å². The number of hydrogen-bond acceptors (Lipinski definition) is 5. The number of nitro benzene ring substituents is 1. The van der Waals surface area contributed by atoms with Crippen LogP contribution in [0.1, 0.15) is 77.0 Å². The van der Waals surface area contributed by atoms with E-state index in [1.807, 2.05) is 54.6 Å². The molecule has 0 unspecified atom stereocenters. The summed E-state index contributed by atoms with van der Waals surface area (Å²) in [7, 11) is 0. The quantitative estimate of drug-likeness (QED) is 0.0873. The van der Waals surface area contributed by atoms with E-state index in [-0.39, 0.29) is 22.5 Å². The Hall–Kier alpha value is -4.32. The monoisotopic (exact) mass is 549 g/mol. The lowest BCUT2D eigenvalue weighted by molar-refractivity contribution is -0.384. The van der Waals surface area contributed by atoms with Crippen LogP contribution in [0.2, 0.25) is 0 Å². The van der Waals surface area contributed by atoms with Gasteiger partial charge in [0.2, 0.25) is 0 Å². The van der Waals surface area contributed by atoms with Gasteiger partial charge in [-0.15, -0.1) is 10.2 Å². The molecule has 4 aromatic carbocycles. The van der Waals surface area contributed by atoms with Crippen LogP contribution in [-0.2, 0) is 10.8 Å². The van der Waals surface area contributed by atoms with Gasteiger partial charge in [0.1, 0.15) is 11.4 Å². The van der Waals surface area contributed by atoms with E-state index in [1.165, 1.54) is 6.07 Å². The first-order valence-electron chi connectivity index (χ1n) is 14.2. The Bertz CT molecular complexity index is 1530. The van der Waals surface area contributed by atoms with Gasteiger partial charge in [-0.25, -0.2) is 0 Å². The normalized spacial score (nSPS) is 12.1. The molecular formula is C35H39N3O3. The minimum Gasteiger partial charge on any atom is -0.505 e. The van der Waals surface area contributed by atoms with Crippen molar-refractivity contribution in [3.8, 4) is 16.9 Å². The summed E-state index contributed by atoms with van der Waals surface area (Å²) < 4.78 is 0. The second-order valence-corrected chi connectivity index (χ2v) is 11.8. The van der Waals surface area contributed by atoms with Crippen LogP contribution in [0.15, 0.2) is 101 Å². The molecular weight excluding hydrogens is 510 g/mol. The average molecular weight is 550 g/mol. The maximum absolute atomic E-state index is 12.0. The summed E-state index contributed by atoms with van der Waals surface area (Å²) in [5.41, 5.74) is 4.05. The van der Waals surface area contributed by atoms with Gasteiger partial charge >= 0.3 is 0 Å². The van der Waals surface area contributed by atoms with Crippen molar-refractivity contribution in [3.05, 3.63) is 118 Å². The van der Waals surface area contributed by atoms with Crippen molar-refractivity contribution in [1.82, 2.24) is 0 Å². The van der Waals surface area contributed by atoms with Crippen LogP contribution in [0.3, 0.4) is 0 Å². The summed E-state index contributed by atoms with van der Waals surface area (Å²) in [6.07, 6.45) is 4.37. The number of rotatable bonds is 11. The lowest BCUT2D eigenvalue weighted by Crippen LogP contribution is -2.22. The highest BCUT2D eigenvalue weighted by molar-refractivity contribution is 5.72. The zero-order valence-corrected chi connectivity index (χ0v) is 24.6. The number of nitrogens with zero attached hydrogens (tertiary/aromatic N) is 3. The number of phenolic OH excluding ortho intramolecular Hbond substituents is 1. The SMILES string of the molecule is CCCCCC(C)(C)c1cc(N=Nc2ccc(-c3ccccc3)cc2[N+](=O)[O-])c(O)c(C(C)(C)c2ccccc2)c1. The van der Waals surface area contributed by atoms with Crippen molar-refractivity contribution in [3.63, 3.8) is 0 Å². The molecule has 0 atom stereocenters. The average Bonchev–Trinajstić information content (AvgIpc) is 2.97. The Kier molecular flexibility index (Phi) is 9.01. The smallest absolute Gasteiger partial charge is 0.297 e. The molecule has 0 heterocycles. The Labute approximate surface area is 243 Å². The molecule has 1 N–H and O–H groups in total. The fourth-order valence-electron chi connectivity index (χ4n) is 5.21. The van der Waals surface area contributed by atoms with Gasteiger partial charge in [0.15, 0.2) is 5.69 Å². The van der Waals surface area contributed by atoms with E-state index in [1.54, 1.807) is 12.1 Å². The summed E-state index contributed by atoms with van der Waals surface area (Å²) in [5.74, 6) is 0.0271. The molecule has 0 aliphatic carbocycles. The lowest BCUT2D eigenvalue weighted by atomic mass is 9.73. The van der Waals surface area contributed by atoms with Gasteiger partial charge in [0, 0.05) is 17.0 Å². The maximum Gasteiger partial charge on any atom is 0.297 e. The Morgan fingerprint density at radius 1 is 0.756 bits per heavy atom. The number of unbranched alkanes of at least 4 members (excludes halogenated alkanes) is 2. The van der Waals surface area contributed by atoms with Crippen LogP contribution in [-0.4, -0.2) is 10.0 Å². The standard InChI is InChI=1S/C35H39N3O3/c1-6-7-14-21-34(2,3)28-23-29(35(4,5)27-17-12-9-13-18-27)33(39)31(24-28)37-36-30-20-19-26(22-32(30)38(40)41)25-15-10-8-11-16-25/h8-13,15-20,22-24,39H,6-7,14,21H2,1-5H3. The summed E-state index contributed by atoms with van der Waals surface area (Å²) >= 11 is 0. The van der Waals surface area contributed by atoms with Crippen molar-refractivity contribution in [2.24, 2.45) is 10.2 Å². The highest BCUT2D eigenvalue weighted by atomic mass is 16.6. The third-order valence-corrected chi connectivity index (χ3v) is 7.99. The Morgan fingerprint density at radius 3 is 2.02 bits per heavy atom. The van der Waals surface area contributed by atoms with E-state index in [9.17, 15) is 15.2 Å². The molecule has 0 amide bonds. The number of hydrogen-bond donors (Lipinski definition) is 1. The molecule has 0 fully saturated rings. The number of nitro groups is 1. The van der Waals surface area contributed by atoms with Crippen LogP contribution >= 0.6 is 0 Å². The van der Waals surface area contributed by atoms with Crippen LogP contribution in [0.25, 0.3) is 11.1 Å². The Morgan fingerprint density at radius 2 is 1.39 bits per heavy atom. The predicted molar refractivity (Wildman–Crippen MR) is 167 cm³/mol. The van der Waals surface area contributed by atoms with Gasteiger partial charge in [-0.1, -0.05) is 127 Å². The van der Waals surface area contributed by atoms with Gasteiger partial charge in [0.05, 0.1) is 4.92 Å². The predicted octanol–water partition coefficient (Wildman–Crippen LogP) is 10.6. The first kappa shape index (κ1) is 29.7. The highest BCUT2D eigenvalue weighted by Gasteiger charge is 2.31. The van der Waals surface area contributed by atoms with Crippen LogP contribution in [0.4, 0.5) is 17.1 Å². The fourth-order valence-corrected chi connectivity index (χ4v) is 5.21. The molecule has 0 aliphatic rings. The first-order valence-corrected chi connectivity index (χ1v) is 14.2. The van der Waals surface area contributed by atoms with Crippen LogP contribution in [0.5, 0.6) is 5.75 Å². The summed E-state index contributed by atoms with van der Waals surface area (Å²) in [4.78, 5) is 11.5.